The second-order valence-corrected chi connectivity index (χ2v) is 6.54. The number of carbonyl (C=O) groups excluding carboxylic acids is 1. The number of anilines is 2. The maximum absolute atomic E-state index is 12.4. The second kappa shape index (κ2) is 5.72. The molecule has 0 unspecified atom stereocenters. The van der Waals surface area contributed by atoms with Crippen LogP contribution in [0.15, 0.2) is 34.9 Å². The molecule has 5 heteroatoms. The van der Waals surface area contributed by atoms with Crippen LogP contribution in [0, 0.1) is 13.8 Å². The molecule has 114 valence electrons. The third-order valence-electron chi connectivity index (χ3n) is 4.11. The Morgan fingerprint density at radius 1 is 1.27 bits per heavy atom. The molecular weight excluding hydrogens is 342 g/mol. The molecule has 1 aromatic heterocycles. The molecule has 1 saturated heterocycles. The summed E-state index contributed by atoms with van der Waals surface area (Å²) < 4.78 is 0.677. The summed E-state index contributed by atoms with van der Waals surface area (Å²) in [4.78, 5) is 18.6. The number of rotatable bonds is 2. The van der Waals surface area contributed by atoms with Crippen LogP contribution in [-0.4, -0.2) is 10.9 Å². The minimum Gasteiger partial charge on any atom is -0.396 e. The summed E-state index contributed by atoms with van der Waals surface area (Å²) in [5.74, 6) is 0.617. The van der Waals surface area contributed by atoms with E-state index in [0.29, 0.717) is 22.5 Å². The lowest BCUT2D eigenvalue weighted by Gasteiger charge is -2.27. The van der Waals surface area contributed by atoms with Crippen LogP contribution in [0.1, 0.15) is 35.6 Å². The quantitative estimate of drug-likeness (QED) is 0.826. The van der Waals surface area contributed by atoms with Gasteiger partial charge in [-0.25, -0.2) is 4.98 Å². The smallest absolute Gasteiger partial charge is 0.228 e. The van der Waals surface area contributed by atoms with Crippen molar-refractivity contribution in [2.75, 3.05) is 10.6 Å². The lowest BCUT2D eigenvalue weighted by Crippen LogP contribution is -2.29. The summed E-state index contributed by atoms with van der Waals surface area (Å²) in [6.07, 6.45) is 1.31. The zero-order valence-corrected chi connectivity index (χ0v) is 14.2. The maximum atomic E-state index is 12.4. The number of nitrogens with zero attached hydrogens (tertiary/aromatic N) is 2. The fourth-order valence-electron chi connectivity index (χ4n) is 2.99. The molecule has 0 radical (unpaired) electrons. The number of aryl methyl sites for hydroxylation is 2. The molecule has 0 spiro atoms. The monoisotopic (exact) mass is 359 g/mol. The number of halogens is 1. The minimum atomic E-state index is -0.00324. The van der Waals surface area contributed by atoms with Gasteiger partial charge in [-0.1, -0.05) is 23.8 Å². The lowest BCUT2D eigenvalue weighted by molar-refractivity contribution is -0.117. The van der Waals surface area contributed by atoms with Crippen molar-refractivity contribution in [3.8, 4) is 0 Å². The first-order chi connectivity index (χ1) is 10.5. The minimum absolute atomic E-state index is 0.00324. The van der Waals surface area contributed by atoms with Crippen LogP contribution < -0.4 is 10.6 Å². The van der Waals surface area contributed by atoms with Gasteiger partial charge in [-0.3, -0.25) is 9.69 Å². The normalized spacial score (nSPS) is 18.0. The van der Waals surface area contributed by atoms with Crippen LogP contribution in [0.2, 0.25) is 0 Å². The van der Waals surface area contributed by atoms with Gasteiger partial charge in [-0.15, -0.1) is 0 Å². The van der Waals surface area contributed by atoms with E-state index in [1.807, 2.05) is 0 Å². The fraction of sp³-hybridized carbons (Fsp3) is 0.294. The Bertz CT molecular complexity index is 745. The van der Waals surface area contributed by atoms with E-state index in [1.54, 1.807) is 17.0 Å². The molecule has 22 heavy (non-hydrogen) atoms. The second-order valence-electron chi connectivity index (χ2n) is 5.73. The van der Waals surface area contributed by atoms with Crippen LogP contribution in [0.3, 0.4) is 0 Å². The first kappa shape index (κ1) is 15.0. The Kier molecular flexibility index (Phi) is 3.91. The van der Waals surface area contributed by atoms with Crippen LogP contribution in [0.25, 0.3) is 0 Å². The van der Waals surface area contributed by atoms with E-state index in [1.165, 1.54) is 16.7 Å². The van der Waals surface area contributed by atoms with Crippen LogP contribution in [0.5, 0.6) is 0 Å². The molecule has 0 bridgehead atoms. The molecular formula is C17H18BrN3O. The van der Waals surface area contributed by atoms with Crippen molar-refractivity contribution in [1.29, 1.82) is 0 Å². The van der Waals surface area contributed by atoms with Gasteiger partial charge in [0.15, 0.2) is 5.82 Å². The summed E-state index contributed by atoms with van der Waals surface area (Å²) in [6, 6.07) is 9.90. The largest absolute Gasteiger partial charge is 0.396 e. The van der Waals surface area contributed by atoms with Crippen molar-refractivity contribution in [2.45, 2.75) is 32.7 Å². The van der Waals surface area contributed by atoms with Gasteiger partial charge in [0.25, 0.3) is 0 Å². The number of carbonyl (C=O) groups is 1. The van der Waals surface area contributed by atoms with E-state index in [9.17, 15) is 4.79 Å². The van der Waals surface area contributed by atoms with E-state index >= 15 is 0 Å². The van der Waals surface area contributed by atoms with E-state index < -0.39 is 0 Å². The fourth-order valence-corrected chi connectivity index (χ4v) is 3.29. The van der Waals surface area contributed by atoms with Gasteiger partial charge in [0.05, 0.1) is 11.7 Å². The molecule has 4 nitrogen and oxygen atoms in total. The predicted molar refractivity (Wildman–Crippen MR) is 91.7 cm³/mol. The number of aromatic nitrogens is 1. The Morgan fingerprint density at radius 3 is 2.82 bits per heavy atom. The van der Waals surface area contributed by atoms with Crippen molar-refractivity contribution < 1.29 is 4.79 Å². The molecule has 2 aromatic rings. The zero-order chi connectivity index (χ0) is 15.9. The molecule has 1 fully saturated rings. The summed E-state index contributed by atoms with van der Waals surface area (Å²) in [5.41, 5.74) is 10.1. The Hall–Kier alpha value is -1.88. The number of pyridine rings is 1. The van der Waals surface area contributed by atoms with Gasteiger partial charge in [0, 0.05) is 6.42 Å². The van der Waals surface area contributed by atoms with Gasteiger partial charge in [-0.2, -0.15) is 0 Å². The van der Waals surface area contributed by atoms with Crippen molar-refractivity contribution in [3.05, 3.63) is 51.6 Å². The van der Waals surface area contributed by atoms with E-state index in [4.69, 9.17) is 5.73 Å². The summed E-state index contributed by atoms with van der Waals surface area (Å²) in [7, 11) is 0. The molecule has 2 N–H and O–H groups in total. The number of nitrogens with two attached hydrogens (primary N) is 1. The molecule has 1 aliphatic rings. The summed E-state index contributed by atoms with van der Waals surface area (Å²) in [5, 5.41) is 0. The lowest BCUT2D eigenvalue weighted by atomic mass is 9.97. The van der Waals surface area contributed by atoms with Gasteiger partial charge in [0.1, 0.15) is 4.60 Å². The number of nitrogen functional groups attached to an aromatic ring is 1. The average molecular weight is 360 g/mol. The summed E-state index contributed by atoms with van der Waals surface area (Å²) >= 11 is 3.36. The Labute approximate surface area is 138 Å². The van der Waals surface area contributed by atoms with Crippen molar-refractivity contribution in [2.24, 2.45) is 0 Å². The molecule has 1 amide bonds. The van der Waals surface area contributed by atoms with Crippen molar-refractivity contribution >= 4 is 33.3 Å². The van der Waals surface area contributed by atoms with Crippen LogP contribution in [0.4, 0.5) is 11.5 Å². The molecule has 1 atom stereocenters. The van der Waals surface area contributed by atoms with Gasteiger partial charge in [-0.05, 0) is 59.5 Å². The standard InChI is InChI=1S/C17H18BrN3O/c1-10-3-4-11(2)12(9-10)14-6-8-16(22)21(14)17-13(19)5-7-15(18)20-17/h3-5,7,9,14H,6,8,19H2,1-2H3/t14-/m1/s1. The van der Waals surface area contributed by atoms with Crippen LogP contribution >= 0.6 is 15.9 Å². The molecule has 3 rings (SSSR count). The first-order valence-electron chi connectivity index (χ1n) is 7.28. The highest BCUT2D eigenvalue weighted by Crippen LogP contribution is 2.40. The molecule has 0 saturated carbocycles. The Morgan fingerprint density at radius 2 is 2.05 bits per heavy atom. The van der Waals surface area contributed by atoms with Crippen LogP contribution in [-0.2, 0) is 4.79 Å². The highest BCUT2D eigenvalue weighted by Gasteiger charge is 2.36. The topological polar surface area (TPSA) is 59.2 Å². The predicted octanol–water partition coefficient (Wildman–Crippen LogP) is 3.91. The number of hydrogen-bond acceptors (Lipinski definition) is 3. The van der Waals surface area contributed by atoms with E-state index in [2.05, 4.69) is 53.0 Å². The maximum Gasteiger partial charge on any atom is 0.228 e. The van der Waals surface area contributed by atoms with Gasteiger partial charge >= 0.3 is 0 Å². The van der Waals surface area contributed by atoms with E-state index in [0.717, 1.165) is 6.42 Å². The zero-order valence-electron chi connectivity index (χ0n) is 12.6. The number of hydrogen-bond donors (Lipinski definition) is 1. The molecule has 1 aliphatic heterocycles. The molecule has 1 aromatic carbocycles. The van der Waals surface area contributed by atoms with Gasteiger partial charge in [0.2, 0.25) is 5.91 Å². The SMILES string of the molecule is Cc1ccc(C)c([C@H]2CCC(=O)N2c2nc(Br)ccc2N)c1. The van der Waals surface area contributed by atoms with E-state index in [-0.39, 0.29) is 11.9 Å². The summed E-state index contributed by atoms with van der Waals surface area (Å²) in [6.45, 7) is 4.14. The van der Waals surface area contributed by atoms with Crippen molar-refractivity contribution in [1.82, 2.24) is 4.98 Å². The van der Waals surface area contributed by atoms with Gasteiger partial charge < -0.3 is 5.73 Å². The molecule has 0 aliphatic carbocycles. The highest BCUT2D eigenvalue weighted by atomic mass is 79.9. The third-order valence-corrected chi connectivity index (χ3v) is 4.55. The third kappa shape index (κ3) is 2.61. The van der Waals surface area contributed by atoms with Crippen molar-refractivity contribution in [3.63, 3.8) is 0 Å². The number of benzene rings is 1. The number of amides is 1. The average Bonchev–Trinajstić information content (AvgIpc) is 2.86. The Balaban J connectivity index is 2.10. The molecule has 2 heterocycles. The first-order valence-corrected chi connectivity index (χ1v) is 8.08. The highest BCUT2D eigenvalue weighted by molar-refractivity contribution is 9.10.